The SMILES string of the molecule is O=C(Nc1cccc(C(F)(F)F)c1)NC1(c2ccc3c(c2)OCCO3)CC1. The summed E-state index contributed by atoms with van der Waals surface area (Å²) in [5.74, 6) is 1.29. The second kappa shape index (κ2) is 6.37. The molecule has 0 unspecified atom stereocenters. The van der Waals surface area contributed by atoms with Crippen LogP contribution in [0.25, 0.3) is 0 Å². The molecule has 0 spiro atoms. The molecule has 1 saturated carbocycles. The molecule has 8 heteroatoms. The normalized spacial score (nSPS) is 17.1. The van der Waals surface area contributed by atoms with E-state index in [1.807, 2.05) is 12.1 Å². The summed E-state index contributed by atoms with van der Waals surface area (Å²) in [6.07, 6.45) is -2.98. The standard InChI is InChI=1S/C19H17F3N2O3/c20-19(21,22)13-2-1-3-14(10-13)23-17(25)24-18(6-7-18)12-4-5-15-16(11-12)27-9-8-26-15/h1-5,10-11H,6-9H2,(H2,23,24,25). The lowest BCUT2D eigenvalue weighted by Crippen LogP contribution is -2.38. The van der Waals surface area contributed by atoms with Crippen LogP contribution in [-0.4, -0.2) is 19.2 Å². The molecule has 0 atom stereocenters. The highest BCUT2D eigenvalue weighted by molar-refractivity contribution is 5.90. The maximum Gasteiger partial charge on any atom is 0.416 e. The number of carbonyl (C=O) groups is 1. The maximum atomic E-state index is 12.8. The molecule has 0 saturated heterocycles. The third-order valence-corrected chi connectivity index (χ3v) is 4.65. The number of fused-ring (bicyclic) bond motifs is 1. The third-order valence-electron chi connectivity index (χ3n) is 4.65. The van der Waals surface area contributed by atoms with E-state index < -0.39 is 23.3 Å². The van der Waals surface area contributed by atoms with Crippen molar-refractivity contribution >= 4 is 11.7 Å². The quantitative estimate of drug-likeness (QED) is 0.838. The number of alkyl halides is 3. The van der Waals surface area contributed by atoms with Crippen molar-refractivity contribution in [2.75, 3.05) is 18.5 Å². The van der Waals surface area contributed by atoms with E-state index in [4.69, 9.17) is 9.47 Å². The average Bonchev–Trinajstić information content (AvgIpc) is 3.41. The molecule has 1 fully saturated rings. The number of amides is 2. The fourth-order valence-corrected chi connectivity index (χ4v) is 3.10. The van der Waals surface area contributed by atoms with Gasteiger partial charge in [0.15, 0.2) is 11.5 Å². The van der Waals surface area contributed by atoms with Crippen LogP contribution in [0.3, 0.4) is 0 Å². The first kappa shape index (κ1) is 17.5. The lowest BCUT2D eigenvalue weighted by atomic mass is 10.0. The van der Waals surface area contributed by atoms with Crippen LogP contribution in [0, 0.1) is 0 Å². The first-order chi connectivity index (χ1) is 12.9. The number of hydrogen-bond donors (Lipinski definition) is 2. The van der Waals surface area contributed by atoms with E-state index in [9.17, 15) is 18.0 Å². The molecule has 1 aliphatic carbocycles. The van der Waals surface area contributed by atoms with Gasteiger partial charge in [0.2, 0.25) is 0 Å². The minimum Gasteiger partial charge on any atom is -0.486 e. The summed E-state index contributed by atoms with van der Waals surface area (Å²) >= 11 is 0. The Morgan fingerprint density at radius 3 is 2.44 bits per heavy atom. The van der Waals surface area contributed by atoms with Gasteiger partial charge in [0.05, 0.1) is 11.1 Å². The molecule has 27 heavy (non-hydrogen) atoms. The van der Waals surface area contributed by atoms with Crippen molar-refractivity contribution in [1.29, 1.82) is 0 Å². The first-order valence-corrected chi connectivity index (χ1v) is 8.52. The molecule has 2 N–H and O–H groups in total. The molecule has 2 aromatic carbocycles. The second-order valence-corrected chi connectivity index (χ2v) is 6.60. The topological polar surface area (TPSA) is 59.6 Å². The molecule has 142 valence electrons. The molecule has 5 nitrogen and oxygen atoms in total. The lowest BCUT2D eigenvalue weighted by Gasteiger charge is -2.23. The first-order valence-electron chi connectivity index (χ1n) is 8.52. The Kier molecular flexibility index (Phi) is 4.13. The Hall–Kier alpha value is -2.90. The predicted molar refractivity (Wildman–Crippen MR) is 91.9 cm³/mol. The third kappa shape index (κ3) is 3.65. The minimum absolute atomic E-state index is 0.0836. The number of benzene rings is 2. The van der Waals surface area contributed by atoms with E-state index in [1.54, 1.807) is 6.07 Å². The van der Waals surface area contributed by atoms with Crippen LogP contribution in [-0.2, 0) is 11.7 Å². The van der Waals surface area contributed by atoms with Crippen LogP contribution >= 0.6 is 0 Å². The Bertz CT molecular complexity index is 879. The van der Waals surface area contributed by atoms with E-state index >= 15 is 0 Å². The smallest absolute Gasteiger partial charge is 0.416 e. The molecule has 2 aliphatic rings. The van der Waals surface area contributed by atoms with E-state index in [-0.39, 0.29) is 5.69 Å². The Balaban J connectivity index is 1.47. The van der Waals surface area contributed by atoms with E-state index in [1.165, 1.54) is 12.1 Å². The Morgan fingerprint density at radius 1 is 1.00 bits per heavy atom. The molecular formula is C19H17F3N2O3. The maximum absolute atomic E-state index is 12.8. The van der Waals surface area contributed by atoms with Crippen LogP contribution < -0.4 is 20.1 Å². The zero-order valence-corrected chi connectivity index (χ0v) is 14.2. The van der Waals surface area contributed by atoms with Gasteiger partial charge in [-0.2, -0.15) is 13.2 Å². The summed E-state index contributed by atoms with van der Waals surface area (Å²) in [7, 11) is 0. The molecule has 0 bridgehead atoms. The summed E-state index contributed by atoms with van der Waals surface area (Å²) in [6, 6.07) is 9.49. The van der Waals surface area contributed by atoms with Crippen molar-refractivity contribution in [3.05, 3.63) is 53.6 Å². The van der Waals surface area contributed by atoms with Gasteiger partial charge in [-0.1, -0.05) is 12.1 Å². The zero-order chi connectivity index (χ0) is 19.1. The second-order valence-electron chi connectivity index (χ2n) is 6.60. The average molecular weight is 378 g/mol. The molecule has 4 rings (SSSR count). The number of nitrogens with one attached hydrogen (secondary N) is 2. The molecule has 0 aromatic heterocycles. The lowest BCUT2D eigenvalue weighted by molar-refractivity contribution is -0.137. The highest BCUT2D eigenvalue weighted by Gasteiger charge is 2.46. The van der Waals surface area contributed by atoms with Crippen molar-refractivity contribution < 1.29 is 27.4 Å². The van der Waals surface area contributed by atoms with Crippen LogP contribution in [0.4, 0.5) is 23.7 Å². The molecule has 1 aliphatic heterocycles. The van der Waals surface area contributed by atoms with E-state index in [2.05, 4.69) is 10.6 Å². The Morgan fingerprint density at radius 2 is 1.74 bits per heavy atom. The van der Waals surface area contributed by atoms with Crippen molar-refractivity contribution in [1.82, 2.24) is 5.32 Å². The monoisotopic (exact) mass is 378 g/mol. The molecule has 1 heterocycles. The van der Waals surface area contributed by atoms with Gasteiger partial charge < -0.3 is 20.1 Å². The van der Waals surface area contributed by atoms with Gasteiger partial charge in [0, 0.05) is 5.69 Å². The molecule has 0 radical (unpaired) electrons. The number of hydrogen-bond acceptors (Lipinski definition) is 3. The van der Waals surface area contributed by atoms with Crippen LogP contribution in [0.1, 0.15) is 24.0 Å². The van der Waals surface area contributed by atoms with Crippen molar-refractivity contribution in [3.8, 4) is 11.5 Å². The van der Waals surface area contributed by atoms with Gasteiger partial charge in [-0.3, -0.25) is 0 Å². The number of carbonyl (C=O) groups excluding carboxylic acids is 1. The number of anilines is 1. The van der Waals surface area contributed by atoms with Crippen LogP contribution in [0.2, 0.25) is 0 Å². The molecular weight excluding hydrogens is 361 g/mol. The minimum atomic E-state index is -4.46. The van der Waals surface area contributed by atoms with Crippen molar-refractivity contribution in [2.24, 2.45) is 0 Å². The fourth-order valence-electron chi connectivity index (χ4n) is 3.10. The summed E-state index contributed by atoms with van der Waals surface area (Å²) in [5.41, 5.74) is -0.388. The summed E-state index contributed by atoms with van der Waals surface area (Å²) < 4.78 is 49.5. The van der Waals surface area contributed by atoms with Crippen LogP contribution in [0.5, 0.6) is 11.5 Å². The largest absolute Gasteiger partial charge is 0.486 e. The van der Waals surface area contributed by atoms with Gasteiger partial charge in [-0.05, 0) is 48.7 Å². The number of ether oxygens (including phenoxy) is 2. The summed E-state index contributed by atoms with van der Waals surface area (Å²) in [5, 5.41) is 5.35. The fraction of sp³-hybridized carbons (Fsp3) is 0.316. The van der Waals surface area contributed by atoms with Gasteiger partial charge >= 0.3 is 12.2 Å². The highest BCUT2D eigenvalue weighted by atomic mass is 19.4. The van der Waals surface area contributed by atoms with Gasteiger partial charge in [0.1, 0.15) is 13.2 Å². The molecule has 2 aromatic rings. The zero-order valence-electron chi connectivity index (χ0n) is 14.2. The van der Waals surface area contributed by atoms with Crippen LogP contribution in [0.15, 0.2) is 42.5 Å². The summed E-state index contributed by atoms with van der Waals surface area (Å²) in [6.45, 7) is 0.960. The predicted octanol–water partition coefficient (Wildman–Crippen LogP) is 4.29. The van der Waals surface area contributed by atoms with Gasteiger partial charge in [-0.15, -0.1) is 0 Å². The number of rotatable bonds is 3. The highest BCUT2D eigenvalue weighted by Crippen LogP contribution is 2.48. The molecule has 2 amide bonds. The number of urea groups is 1. The Labute approximate surface area is 153 Å². The van der Waals surface area contributed by atoms with Gasteiger partial charge in [-0.25, -0.2) is 4.79 Å². The van der Waals surface area contributed by atoms with Crippen molar-refractivity contribution in [2.45, 2.75) is 24.6 Å². The van der Waals surface area contributed by atoms with E-state index in [0.29, 0.717) is 24.7 Å². The van der Waals surface area contributed by atoms with Crippen molar-refractivity contribution in [3.63, 3.8) is 0 Å². The van der Waals surface area contributed by atoms with E-state index in [0.717, 1.165) is 30.5 Å². The number of halogens is 3. The summed E-state index contributed by atoms with van der Waals surface area (Å²) in [4.78, 5) is 12.3. The van der Waals surface area contributed by atoms with Gasteiger partial charge in [0.25, 0.3) is 0 Å².